The molecule has 0 unspecified atom stereocenters. The molecule has 1 fully saturated rings. The third-order valence-corrected chi connectivity index (χ3v) is 6.47. The summed E-state index contributed by atoms with van der Waals surface area (Å²) < 4.78 is 5.44. The third-order valence-electron chi connectivity index (χ3n) is 6.12. The molecule has 1 atom stereocenters. The van der Waals surface area contributed by atoms with Crippen molar-refractivity contribution in [2.45, 2.75) is 39.3 Å². The Morgan fingerprint density at radius 2 is 2.00 bits per heavy atom. The van der Waals surface area contributed by atoms with Crippen molar-refractivity contribution in [3.8, 4) is 0 Å². The van der Waals surface area contributed by atoms with E-state index >= 15 is 0 Å². The summed E-state index contributed by atoms with van der Waals surface area (Å²) in [5, 5.41) is 6.33. The second-order valence-electron chi connectivity index (χ2n) is 9.11. The van der Waals surface area contributed by atoms with Crippen LogP contribution < -0.4 is 10.6 Å². The zero-order valence-electron chi connectivity index (χ0n) is 21.3. The van der Waals surface area contributed by atoms with Gasteiger partial charge in [-0.1, -0.05) is 35.9 Å². The van der Waals surface area contributed by atoms with Crippen LogP contribution in [0.3, 0.4) is 0 Å². The number of benzene rings is 1. The van der Waals surface area contributed by atoms with Crippen molar-refractivity contribution in [1.82, 2.24) is 25.3 Å². The minimum Gasteiger partial charge on any atom is -0.463 e. The van der Waals surface area contributed by atoms with Crippen LogP contribution in [0.2, 0.25) is 5.02 Å². The molecule has 0 saturated carbocycles. The lowest BCUT2D eigenvalue weighted by Crippen LogP contribution is -2.51. The number of hydrogen-bond acceptors (Lipinski definition) is 5. The van der Waals surface area contributed by atoms with Crippen LogP contribution in [0.1, 0.15) is 38.8 Å². The molecule has 36 heavy (non-hydrogen) atoms. The second kappa shape index (κ2) is 12.8. The number of urea groups is 2. The highest BCUT2D eigenvalue weighted by Crippen LogP contribution is 2.35. The van der Waals surface area contributed by atoms with Crippen LogP contribution in [-0.4, -0.2) is 84.6 Å². The summed E-state index contributed by atoms with van der Waals surface area (Å²) in [5.41, 5.74) is 1.53. The molecule has 0 aliphatic carbocycles. The fraction of sp³-hybridized carbons (Fsp3) is 0.500. The van der Waals surface area contributed by atoms with Crippen molar-refractivity contribution >= 4 is 29.6 Å². The molecule has 2 aliphatic heterocycles. The van der Waals surface area contributed by atoms with Gasteiger partial charge in [-0.3, -0.25) is 9.80 Å². The van der Waals surface area contributed by atoms with Gasteiger partial charge in [-0.2, -0.15) is 0 Å². The molecule has 0 radical (unpaired) electrons. The van der Waals surface area contributed by atoms with Gasteiger partial charge in [-0.25, -0.2) is 14.4 Å². The molecule has 10 heteroatoms. The fourth-order valence-corrected chi connectivity index (χ4v) is 4.71. The molecule has 2 N–H and O–H groups in total. The van der Waals surface area contributed by atoms with Gasteiger partial charge in [-0.05, 0) is 38.8 Å². The van der Waals surface area contributed by atoms with Crippen LogP contribution in [0.25, 0.3) is 0 Å². The number of hydrogen-bond donors (Lipinski definition) is 2. The Bertz CT molecular complexity index is 1010. The lowest BCUT2D eigenvalue weighted by Gasteiger charge is -2.38. The maximum absolute atomic E-state index is 13.3. The van der Waals surface area contributed by atoms with Gasteiger partial charge in [0, 0.05) is 56.0 Å². The number of amides is 4. The largest absolute Gasteiger partial charge is 0.463 e. The Morgan fingerprint density at radius 3 is 2.67 bits per heavy atom. The minimum atomic E-state index is -0.749. The Morgan fingerprint density at radius 1 is 1.25 bits per heavy atom. The first-order chi connectivity index (χ1) is 17.3. The van der Waals surface area contributed by atoms with Gasteiger partial charge < -0.3 is 20.3 Å². The van der Waals surface area contributed by atoms with Gasteiger partial charge in [-0.15, -0.1) is 6.58 Å². The molecule has 1 aromatic carbocycles. The molecule has 3 rings (SSSR count). The van der Waals surface area contributed by atoms with E-state index < -0.39 is 12.0 Å². The Kier molecular flexibility index (Phi) is 9.78. The summed E-state index contributed by atoms with van der Waals surface area (Å²) in [6.45, 7) is 12.7. The standard InChI is InChI=1S/C26H36ClN5O4/c1-5-12-32-21(17-30-13-9-14-31(16-15-30)25(34)28-18(3)4)22(24(33)36-6-2)23(29-26(32)35)19-10-7-8-11-20(19)27/h5,7-8,10-11,18,23H,1,6,9,12-17H2,2-4H3,(H,28,34)(H,29,35)/t23-/m1/s1. The van der Waals surface area contributed by atoms with E-state index in [0.717, 1.165) is 6.42 Å². The van der Waals surface area contributed by atoms with Crippen LogP contribution in [0.5, 0.6) is 0 Å². The van der Waals surface area contributed by atoms with Crippen molar-refractivity contribution in [1.29, 1.82) is 0 Å². The molecule has 2 aliphatic rings. The SMILES string of the molecule is C=CCN1C(=O)N[C@H](c2ccccc2Cl)C(C(=O)OCC)=C1CN1CCCN(C(=O)NC(C)C)CC1. The zero-order chi connectivity index (χ0) is 26.2. The highest BCUT2D eigenvalue weighted by molar-refractivity contribution is 6.31. The minimum absolute atomic E-state index is 0.0594. The van der Waals surface area contributed by atoms with Crippen LogP contribution in [-0.2, 0) is 9.53 Å². The predicted molar refractivity (Wildman–Crippen MR) is 140 cm³/mol. The molecule has 0 spiro atoms. The van der Waals surface area contributed by atoms with Crippen molar-refractivity contribution in [2.24, 2.45) is 0 Å². The third kappa shape index (κ3) is 6.59. The van der Waals surface area contributed by atoms with E-state index in [0.29, 0.717) is 54.6 Å². The zero-order valence-corrected chi connectivity index (χ0v) is 22.0. The van der Waals surface area contributed by atoms with E-state index in [1.54, 1.807) is 31.2 Å². The monoisotopic (exact) mass is 517 g/mol. The number of carbonyl (C=O) groups is 3. The number of rotatable bonds is 8. The summed E-state index contributed by atoms with van der Waals surface area (Å²) in [4.78, 5) is 44.6. The Labute approximate surface area is 218 Å². The molecular formula is C26H36ClN5O4. The normalized spacial score (nSPS) is 19.1. The molecule has 196 valence electrons. The first-order valence-corrected chi connectivity index (χ1v) is 12.8. The molecular weight excluding hydrogens is 482 g/mol. The number of halogens is 1. The predicted octanol–water partition coefficient (Wildman–Crippen LogP) is 3.54. The van der Waals surface area contributed by atoms with Crippen molar-refractivity contribution < 1.29 is 19.1 Å². The second-order valence-corrected chi connectivity index (χ2v) is 9.51. The van der Waals surface area contributed by atoms with Gasteiger partial charge in [0.15, 0.2) is 0 Å². The van der Waals surface area contributed by atoms with Crippen molar-refractivity contribution in [3.05, 3.63) is 58.8 Å². The maximum atomic E-state index is 13.3. The van der Waals surface area contributed by atoms with E-state index in [1.807, 2.05) is 24.8 Å². The average Bonchev–Trinajstić information content (AvgIpc) is 3.07. The fourth-order valence-electron chi connectivity index (χ4n) is 4.47. The molecule has 1 aromatic rings. The highest BCUT2D eigenvalue weighted by atomic mass is 35.5. The number of esters is 1. The van der Waals surface area contributed by atoms with Crippen molar-refractivity contribution in [2.75, 3.05) is 45.9 Å². The summed E-state index contributed by atoms with van der Waals surface area (Å²) in [7, 11) is 0. The molecule has 0 bridgehead atoms. The van der Waals surface area contributed by atoms with Crippen LogP contribution >= 0.6 is 11.6 Å². The summed E-state index contributed by atoms with van der Waals surface area (Å²) >= 11 is 6.48. The van der Waals surface area contributed by atoms with E-state index in [4.69, 9.17) is 16.3 Å². The van der Waals surface area contributed by atoms with Crippen LogP contribution in [0.4, 0.5) is 9.59 Å². The lowest BCUT2D eigenvalue weighted by molar-refractivity contribution is -0.139. The molecule has 4 amide bonds. The topological polar surface area (TPSA) is 94.2 Å². The summed E-state index contributed by atoms with van der Waals surface area (Å²) in [5.74, 6) is -0.501. The van der Waals surface area contributed by atoms with Crippen LogP contribution in [0, 0.1) is 0 Å². The summed E-state index contributed by atoms with van der Waals surface area (Å²) in [6.07, 6.45) is 2.40. The Hall–Kier alpha value is -3.04. The van der Waals surface area contributed by atoms with E-state index in [2.05, 4.69) is 22.1 Å². The molecule has 9 nitrogen and oxygen atoms in total. The molecule has 1 saturated heterocycles. The molecule has 2 heterocycles. The number of ether oxygens (including phenoxy) is 1. The highest BCUT2D eigenvalue weighted by Gasteiger charge is 2.39. The van der Waals surface area contributed by atoms with E-state index in [1.165, 1.54) is 4.90 Å². The maximum Gasteiger partial charge on any atom is 0.338 e. The number of carbonyl (C=O) groups excluding carboxylic acids is 3. The van der Waals surface area contributed by atoms with Gasteiger partial charge in [0.2, 0.25) is 0 Å². The summed E-state index contributed by atoms with van der Waals surface area (Å²) in [6, 6.07) is 6.03. The number of nitrogens with one attached hydrogen (secondary N) is 2. The van der Waals surface area contributed by atoms with Gasteiger partial charge in [0.25, 0.3) is 0 Å². The van der Waals surface area contributed by atoms with Crippen LogP contribution in [0.15, 0.2) is 48.2 Å². The first-order valence-electron chi connectivity index (χ1n) is 12.4. The van der Waals surface area contributed by atoms with Crippen molar-refractivity contribution in [3.63, 3.8) is 0 Å². The smallest absolute Gasteiger partial charge is 0.338 e. The molecule has 0 aromatic heterocycles. The lowest BCUT2D eigenvalue weighted by atomic mass is 9.94. The van der Waals surface area contributed by atoms with E-state index in [-0.39, 0.29) is 31.3 Å². The Balaban J connectivity index is 1.98. The van der Waals surface area contributed by atoms with E-state index in [9.17, 15) is 14.4 Å². The number of nitrogens with zero attached hydrogens (tertiary/aromatic N) is 3. The van der Waals surface area contributed by atoms with Gasteiger partial charge in [0.1, 0.15) is 0 Å². The van der Waals surface area contributed by atoms with Gasteiger partial charge >= 0.3 is 18.0 Å². The van der Waals surface area contributed by atoms with Gasteiger partial charge in [0.05, 0.1) is 18.2 Å². The quantitative estimate of drug-likeness (QED) is 0.406. The average molecular weight is 518 g/mol. The first kappa shape index (κ1) is 27.5.